The number of ether oxygens (including phenoxy) is 1. The summed E-state index contributed by atoms with van der Waals surface area (Å²) in [5.74, 6) is -1.50. The maximum absolute atomic E-state index is 9.36. The van der Waals surface area contributed by atoms with Gasteiger partial charge in [-0.2, -0.15) is 0 Å². The van der Waals surface area contributed by atoms with Gasteiger partial charge in [0.25, 0.3) is 0 Å². The predicted octanol–water partition coefficient (Wildman–Crippen LogP) is -1.29. The van der Waals surface area contributed by atoms with Gasteiger partial charge in [0.05, 0.1) is 12.7 Å². The van der Waals surface area contributed by atoms with Crippen molar-refractivity contribution in [3.63, 3.8) is 0 Å². The molecule has 0 aliphatic carbocycles. The molecule has 3 unspecified atom stereocenters. The van der Waals surface area contributed by atoms with E-state index in [1.807, 2.05) is 0 Å². The Labute approximate surface area is 77.9 Å². The second-order valence-corrected chi connectivity index (χ2v) is 3.07. The molecular formula is C5H10INO4. The summed E-state index contributed by atoms with van der Waals surface area (Å²) in [6, 6.07) is 0. The third-order valence-electron chi connectivity index (χ3n) is 1.57. The number of aliphatic hydroxyl groups is 3. The van der Waals surface area contributed by atoms with Crippen LogP contribution in [0.25, 0.3) is 0 Å². The molecule has 1 heterocycles. The van der Waals surface area contributed by atoms with Gasteiger partial charge in [0.15, 0.2) is 0 Å². The summed E-state index contributed by atoms with van der Waals surface area (Å²) in [5, 5.41) is 27.5. The van der Waals surface area contributed by atoms with E-state index in [2.05, 4.69) is 3.53 Å². The molecule has 1 fully saturated rings. The molecule has 4 N–H and O–H groups in total. The molecule has 3 atom stereocenters. The van der Waals surface area contributed by atoms with Crippen LogP contribution in [-0.2, 0) is 4.74 Å². The van der Waals surface area contributed by atoms with Crippen LogP contribution in [-0.4, -0.2) is 40.0 Å². The highest BCUT2D eigenvalue weighted by Gasteiger charge is 2.38. The van der Waals surface area contributed by atoms with E-state index in [-0.39, 0.29) is 13.0 Å². The molecule has 0 saturated carbocycles. The Morgan fingerprint density at radius 3 is 2.55 bits per heavy atom. The summed E-state index contributed by atoms with van der Waals surface area (Å²) >= 11 is 1.72. The Morgan fingerprint density at radius 1 is 1.45 bits per heavy atom. The lowest BCUT2D eigenvalue weighted by Gasteiger charge is -2.35. The van der Waals surface area contributed by atoms with Crippen LogP contribution in [0.2, 0.25) is 0 Å². The Morgan fingerprint density at radius 2 is 2.09 bits per heavy atom. The first-order valence-electron chi connectivity index (χ1n) is 3.18. The molecule has 0 spiro atoms. The van der Waals surface area contributed by atoms with Gasteiger partial charge in [0, 0.05) is 29.3 Å². The van der Waals surface area contributed by atoms with Gasteiger partial charge >= 0.3 is 0 Å². The van der Waals surface area contributed by atoms with E-state index in [1.165, 1.54) is 0 Å². The van der Waals surface area contributed by atoms with Gasteiger partial charge in [0.1, 0.15) is 6.10 Å². The minimum atomic E-state index is -1.50. The van der Waals surface area contributed by atoms with Crippen LogP contribution >= 0.6 is 22.9 Å². The van der Waals surface area contributed by atoms with Gasteiger partial charge < -0.3 is 20.1 Å². The number of hydrogen-bond acceptors (Lipinski definition) is 5. The number of hydrogen-bond donors (Lipinski definition) is 4. The van der Waals surface area contributed by atoms with Crippen molar-refractivity contribution < 1.29 is 20.1 Å². The minimum Gasteiger partial charge on any atom is -0.390 e. The lowest BCUT2D eigenvalue weighted by atomic mass is 10.1. The van der Waals surface area contributed by atoms with E-state index in [1.54, 1.807) is 22.9 Å². The zero-order valence-electron chi connectivity index (χ0n) is 5.70. The van der Waals surface area contributed by atoms with Gasteiger partial charge in [0.2, 0.25) is 5.91 Å². The third kappa shape index (κ3) is 2.23. The Bertz CT molecular complexity index is 146. The second kappa shape index (κ2) is 3.50. The molecule has 11 heavy (non-hydrogen) atoms. The highest BCUT2D eigenvalue weighted by molar-refractivity contribution is 14.1. The van der Waals surface area contributed by atoms with E-state index >= 15 is 0 Å². The van der Waals surface area contributed by atoms with Crippen LogP contribution in [0.1, 0.15) is 6.42 Å². The van der Waals surface area contributed by atoms with Crippen molar-refractivity contribution in [1.82, 2.24) is 3.53 Å². The molecule has 0 amide bonds. The molecule has 0 aromatic rings. The summed E-state index contributed by atoms with van der Waals surface area (Å²) in [6.07, 6.45) is -1.87. The molecule has 0 bridgehead atoms. The molecule has 1 aliphatic heterocycles. The summed E-state index contributed by atoms with van der Waals surface area (Å²) in [6.45, 7) is -0.0618. The van der Waals surface area contributed by atoms with Gasteiger partial charge in [-0.05, 0) is 0 Å². The number of nitrogens with one attached hydrogen (secondary N) is 1. The van der Waals surface area contributed by atoms with Crippen molar-refractivity contribution in [2.24, 2.45) is 0 Å². The first kappa shape index (κ1) is 9.62. The average Bonchev–Trinajstić information content (AvgIpc) is 1.98. The molecule has 0 radical (unpaired) electrons. The maximum atomic E-state index is 9.36. The highest BCUT2D eigenvalue weighted by Crippen LogP contribution is 2.21. The van der Waals surface area contributed by atoms with E-state index < -0.39 is 18.1 Å². The van der Waals surface area contributed by atoms with Crippen molar-refractivity contribution >= 4 is 22.9 Å². The SMILES string of the molecule is OC1COC(O)(NI)CC1O. The van der Waals surface area contributed by atoms with Crippen molar-refractivity contribution in [3.8, 4) is 0 Å². The predicted molar refractivity (Wildman–Crippen MR) is 44.7 cm³/mol. The van der Waals surface area contributed by atoms with Crippen LogP contribution in [0.5, 0.6) is 0 Å². The fraction of sp³-hybridized carbons (Fsp3) is 1.00. The van der Waals surface area contributed by atoms with Gasteiger partial charge in [-0.15, -0.1) is 0 Å². The largest absolute Gasteiger partial charge is 0.390 e. The third-order valence-corrected chi connectivity index (χ3v) is 2.41. The van der Waals surface area contributed by atoms with Crippen molar-refractivity contribution in [2.45, 2.75) is 24.5 Å². The summed E-state index contributed by atoms with van der Waals surface area (Å²) in [4.78, 5) is 0. The zero-order valence-corrected chi connectivity index (χ0v) is 7.85. The standard InChI is InChI=1S/C5H10INO4/c6-7-5(10)1-3(8)4(9)2-11-5/h3-4,7-10H,1-2H2. The lowest BCUT2D eigenvalue weighted by molar-refractivity contribution is -0.271. The fourth-order valence-corrected chi connectivity index (χ4v) is 1.25. The molecule has 5 nitrogen and oxygen atoms in total. The van der Waals surface area contributed by atoms with Gasteiger partial charge in [-0.1, -0.05) is 0 Å². The monoisotopic (exact) mass is 275 g/mol. The van der Waals surface area contributed by atoms with Crippen LogP contribution in [0.3, 0.4) is 0 Å². The van der Waals surface area contributed by atoms with Crippen molar-refractivity contribution in [1.29, 1.82) is 0 Å². The first-order chi connectivity index (χ1) is 5.07. The Kier molecular flexibility index (Phi) is 3.06. The summed E-state index contributed by atoms with van der Waals surface area (Å²) < 4.78 is 7.29. The normalized spacial score (nSPS) is 45.8. The molecule has 6 heteroatoms. The smallest absolute Gasteiger partial charge is 0.236 e. The molecular weight excluding hydrogens is 265 g/mol. The van der Waals surface area contributed by atoms with Gasteiger partial charge in [-0.25, -0.2) is 3.53 Å². The fourth-order valence-electron chi connectivity index (χ4n) is 0.879. The minimum absolute atomic E-state index is 0.0306. The molecule has 0 aromatic carbocycles. The number of rotatable bonds is 1. The molecule has 1 saturated heterocycles. The number of aliphatic hydroxyl groups excluding tert-OH is 2. The lowest BCUT2D eigenvalue weighted by Crippen LogP contribution is -2.54. The van der Waals surface area contributed by atoms with Crippen molar-refractivity contribution in [3.05, 3.63) is 0 Å². The summed E-state index contributed by atoms with van der Waals surface area (Å²) in [7, 11) is 0. The van der Waals surface area contributed by atoms with Crippen LogP contribution in [0, 0.1) is 0 Å². The highest BCUT2D eigenvalue weighted by atomic mass is 127. The molecule has 0 aromatic heterocycles. The van der Waals surface area contributed by atoms with Crippen LogP contribution in [0.15, 0.2) is 0 Å². The molecule has 1 aliphatic rings. The maximum Gasteiger partial charge on any atom is 0.236 e. The van der Waals surface area contributed by atoms with E-state index in [0.717, 1.165) is 0 Å². The Hall–Kier alpha value is 0.530. The first-order valence-corrected chi connectivity index (χ1v) is 4.25. The second-order valence-electron chi connectivity index (χ2n) is 2.53. The summed E-state index contributed by atoms with van der Waals surface area (Å²) in [5.41, 5.74) is 0. The Balaban J connectivity index is 2.51. The average molecular weight is 275 g/mol. The topological polar surface area (TPSA) is 82.0 Å². The van der Waals surface area contributed by atoms with Gasteiger partial charge in [-0.3, -0.25) is 0 Å². The molecule has 1 rings (SSSR count). The van der Waals surface area contributed by atoms with E-state index in [9.17, 15) is 5.11 Å². The van der Waals surface area contributed by atoms with E-state index in [0.29, 0.717) is 0 Å². The number of halogens is 1. The van der Waals surface area contributed by atoms with Crippen LogP contribution in [0.4, 0.5) is 0 Å². The van der Waals surface area contributed by atoms with Crippen molar-refractivity contribution in [2.75, 3.05) is 6.61 Å². The van der Waals surface area contributed by atoms with Crippen LogP contribution < -0.4 is 3.53 Å². The van der Waals surface area contributed by atoms with E-state index in [4.69, 9.17) is 14.9 Å². The quantitative estimate of drug-likeness (QED) is 0.272. The molecule has 66 valence electrons. The zero-order chi connectivity index (χ0) is 8.48.